The van der Waals surface area contributed by atoms with Crippen LogP contribution in [0.3, 0.4) is 0 Å². The molecule has 0 heteroatoms. The second-order valence-electron chi connectivity index (χ2n) is 3.85. The minimum Gasteiger partial charge on any atom is -0.0888 e. The van der Waals surface area contributed by atoms with Crippen molar-refractivity contribution >= 4 is 0 Å². The average molecular weight is 154 g/mol. The Bertz CT molecular complexity index is 101. The lowest BCUT2D eigenvalue weighted by atomic mass is 9.96. The van der Waals surface area contributed by atoms with E-state index in [1.165, 1.54) is 19.3 Å². The summed E-state index contributed by atoms with van der Waals surface area (Å²) in [5.74, 6) is 1.71. The molecule has 0 aromatic carbocycles. The monoisotopic (exact) mass is 154 g/mol. The van der Waals surface area contributed by atoms with Crippen LogP contribution >= 0.6 is 0 Å². The van der Waals surface area contributed by atoms with E-state index in [1.54, 1.807) is 0 Å². The van der Waals surface area contributed by atoms with Crippen LogP contribution in [0, 0.1) is 11.8 Å². The van der Waals surface area contributed by atoms with Crippen molar-refractivity contribution in [2.75, 3.05) is 0 Å². The van der Waals surface area contributed by atoms with Gasteiger partial charge in [-0.15, -0.1) is 0 Å². The molecule has 0 saturated carbocycles. The van der Waals surface area contributed by atoms with E-state index in [9.17, 15) is 0 Å². The zero-order chi connectivity index (χ0) is 8.69. The fourth-order valence-corrected chi connectivity index (χ4v) is 1.40. The third-order valence-electron chi connectivity index (χ3n) is 1.81. The van der Waals surface area contributed by atoms with E-state index in [4.69, 9.17) is 0 Å². The molecule has 0 rings (SSSR count). The minimum absolute atomic E-state index is 0.847. The van der Waals surface area contributed by atoms with Crippen molar-refractivity contribution in [2.24, 2.45) is 11.8 Å². The lowest BCUT2D eigenvalue weighted by Gasteiger charge is -2.10. The van der Waals surface area contributed by atoms with Crippen LogP contribution in [0.2, 0.25) is 0 Å². The predicted molar refractivity (Wildman–Crippen MR) is 52.7 cm³/mol. The fourth-order valence-electron chi connectivity index (χ4n) is 1.40. The van der Waals surface area contributed by atoms with Crippen LogP contribution < -0.4 is 0 Å². The van der Waals surface area contributed by atoms with Gasteiger partial charge in [0.1, 0.15) is 0 Å². The van der Waals surface area contributed by atoms with Gasteiger partial charge in [0, 0.05) is 0 Å². The van der Waals surface area contributed by atoms with Gasteiger partial charge in [-0.25, -0.2) is 0 Å². The second kappa shape index (κ2) is 6.45. The summed E-state index contributed by atoms with van der Waals surface area (Å²) in [6.45, 7) is 9.10. The Kier molecular flexibility index (Phi) is 6.30. The molecule has 1 atom stereocenters. The Balaban J connectivity index is 3.36. The summed E-state index contributed by atoms with van der Waals surface area (Å²) in [7, 11) is 0. The van der Waals surface area contributed by atoms with Crippen molar-refractivity contribution in [3.05, 3.63) is 12.2 Å². The molecule has 0 aromatic rings. The summed E-state index contributed by atoms with van der Waals surface area (Å²) in [6.07, 6.45) is 8.36. The predicted octanol–water partition coefficient (Wildman–Crippen LogP) is 4.02. The standard InChI is InChI=1S/C11H22/c1-5-6-7-8-11(4)9-10(2)3/h6-7,10-11H,5,8-9H2,1-4H3/b7-6+. The molecule has 0 aliphatic rings. The van der Waals surface area contributed by atoms with Gasteiger partial charge in [0.15, 0.2) is 0 Å². The van der Waals surface area contributed by atoms with Crippen molar-refractivity contribution in [3.63, 3.8) is 0 Å². The normalized spacial score (nSPS) is 14.6. The molecule has 0 bridgehead atoms. The van der Waals surface area contributed by atoms with Crippen molar-refractivity contribution in [1.29, 1.82) is 0 Å². The molecular formula is C11H22. The fraction of sp³-hybridized carbons (Fsp3) is 0.818. The molecular weight excluding hydrogens is 132 g/mol. The third-order valence-corrected chi connectivity index (χ3v) is 1.81. The van der Waals surface area contributed by atoms with Crippen LogP contribution in [0.4, 0.5) is 0 Å². The molecule has 0 N–H and O–H groups in total. The van der Waals surface area contributed by atoms with E-state index in [0.29, 0.717) is 0 Å². The summed E-state index contributed by atoms with van der Waals surface area (Å²) in [5.41, 5.74) is 0. The van der Waals surface area contributed by atoms with Crippen LogP contribution in [0.15, 0.2) is 12.2 Å². The number of hydrogen-bond donors (Lipinski definition) is 0. The maximum absolute atomic E-state index is 2.33. The molecule has 0 aliphatic heterocycles. The molecule has 0 aromatic heterocycles. The van der Waals surface area contributed by atoms with Crippen molar-refractivity contribution in [1.82, 2.24) is 0 Å². The van der Waals surface area contributed by atoms with Crippen molar-refractivity contribution in [2.45, 2.75) is 47.0 Å². The van der Waals surface area contributed by atoms with E-state index < -0.39 is 0 Å². The molecule has 0 spiro atoms. The largest absolute Gasteiger partial charge is 0.0888 e. The van der Waals surface area contributed by atoms with Crippen molar-refractivity contribution in [3.8, 4) is 0 Å². The van der Waals surface area contributed by atoms with Gasteiger partial charge in [0.05, 0.1) is 0 Å². The lowest BCUT2D eigenvalue weighted by molar-refractivity contribution is 0.442. The molecule has 0 aliphatic carbocycles. The van der Waals surface area contributed by atoms with Gasteiger partial charge < -0.3 is 0 Å². The Morgan fingerprint density at radius 3 is 2.18 bits per heavy atom. The molecule has 0 radical (unpaired) electrons. The minimum atomic E-state index is 0.847. The molecule has 0 nitrogen and oxygen atoms in total. The molecule has 0 fully saturated rings. The molecule has 66 valence electrons. The Morgan fingerprint density at radius 1 is 1.09 bits per heavy atom. The highest BCUT2D eigenvalue weighted by Crippen LogP contribution is 2.14. The summed E-state index contributed by atoms with van der Waals surface area (Å²) >= 11 is 0. The average Bonchev–Trinajstić information content (AvgIpc) is 1.86. The van der Waals surface area contributed by atoms with Crippen molar-refractivity contribution < 1.29 is 0 Å². The first-order chi connectivity index (χ1) is 5.16. The first-order valence-electron chi connectivity index (χ1n) is 4.81. The first kappa shape index (κ1) is 10.7. The number of allylic oxidation sites excluding steroid dienone is 2. The highest BCUT2D eigenvalue weighted by molar-refractivity contribution is 4.81. The van der Waals surface area contributed by atoms with Crippen LogP contribution in [0.25, 0.3) is 0 Å². The summed E-state index contributed by atoms with van der Waals surface area (Å²) in [4.78, 5) is 0. The number of rotatable bonds is 5. The van der Waals surface area contributed by atoms with Crippen LogP contribution in [0.1, 0.15) is 47.0 Å². The maximum Gasteiger partial charge on any atom is -0.0325 e. The molecule has 11 heavy (non-hydrogen) atoms. The highest BCUT2D eigenvalue weighted by atomic mass is 14.1. The van der Waals surface area contributed by atoms with Gasteiger partial charge in [0.2, 0.25) is 0 Å². The van der Waals surface area contributed by atoms with Crippen LogP contribution in [0.5, 0.6) is 0 Å². The Hall–Kier alpha value is -0.260. The van der Waals surface area contributed by atoms with E-state index in [0.717, 1.165) is 11.8 Å². The molecule has 1 unspecified atom stereocenters. The topological polar surface area (TPSA) is 0 Å². The third kappa shape index (κ3) is 7.64. The smallest absolute Gasteiger partial charge is 0.0325 e. The van der Waals surface area contributed by atoms with E-state index in [-0.39, 0.29) is 0 Å². The molecule has 0 heterocycles. The summed E-state index contributed by atoms with van der Waals surface area (Å²) in [5, 5.41) is 0. The summed E-state index contributed by atoms with van der Waals surface area (Å²) in [6, 6.07) is 0. The Morgan fingerprint density at radius 2 is 1.73 bits per heavy atom. The maximum atomic E-state index is 2.33. The molecule has 0 amide bonds. The van der Waals surface area contributed by atoms with Gasteiger partial charge in [-0.1, -0.05) is 39.8 Å². The van der Waals surface area contributed by atoms with E-state index >= 15 is 0 Å². The van der Waals surface area contributed by atoms with Gasteiger partial charge >= 0.3 is 0 Å². The zero-order valence-electron chi connectivity index (χ0n) is 8.43. The second-order valence-corrected chi connectivity index (χ2v) is 3.85. The highest BCUT2D eigenvalue weighted by Gasteiger charge is 2.01. The Labute approximate surface area is 71.7 Å². The van der Waals surface area contributed by atoms with Gasteiger partial charge in [-0.3, -0.25) is 0 Å². The van der Waals surface area contributed by atoms with Crippen LogP contribution in [-0.2, 0) is 0 Å². The first-order valence-corrected chi connectivity index (χ1v) is 4.81. The van der Waals surface area contributed by atoms with Gasteiger partial charge in [-0.05, 0) is 31.1 Å². The van der Waals surface area contributed by atoms with Gasteiger partial charge in [-0.2, -0.15) is 0 Å². The number of hydrogen-bond acceptors (Lipinski definition) is 0. The summed E-state index contributed by atoms with van der Waals surface area (Å²) < 4.78 is 0. The van der Waals surface area contributed by atoms with Gasteiger partial charge in [0.25, 0.3) is 0 Å². The van der Waals surface area contributed by atoms with E-state index in [1.807, 2.05) is 0 Å². The lowest BCUT2D eigenvalue weighted by Crippen LogP contribution is -1.98. The SMILES string of the molecule is CC/C=C/CC(C)CC(C)C. The quantitative estimate of drug-likeness (QED) is 0.524. The van der Waals surface area contributed by atoms with Crippen LogP contribution in [-0.4, -0.2) is 0 Å². The molecule has 0 saturated heterocycles. The zero-order valence-corrected chi connectivity index (χ0v) is 8.43. The van der Waals surface area contributed by atoms with E-state index in [2.05, 4.69) is 39.8 Å².